The first-order valence-corrected chi connectivity index (χ1v) is 10.8. The zero-order valence-corrected chi connectivity index (χ0v) is 17.9. The maximum atomic E-state index is 13.2. The van der Waals surface area contributed by atoms with Crippen LogP contribution < -0.4 is 14.4 Å². The Balaban J connectivity index is 2.42. The van der Waals surface area contributed by atoms with Crippen LogP contribution in [0.1, 0.15) is 20.8 Å². The highest BCUT2D eigenvalue weighted by molar-refractivity contribution is 9.10. The summed E-state index contributed by atoms with van der Waals surface area (Å²) in [6.07, 6.45) is 0. The van der Waals surface area contributed by atoms with E-state index in [1.54, 1.807) is 36.4 Å². The highest BCUT2D eigenvalue weighted by Gasteiger charge is 2.27. The summed E-state index contributed by atoms with van der Waals surface area (Å²) in [7, 11) is -3.92. The van der Waals surface area contributed by atoms with Gasteiger partial charge >= 0.3 is 0 Å². The van der Waals surface area contributed by atoms with Crippen LogP contribution in [0, 0.1) is 0 Å². The van der Waals surface area contributed by atoms with E-state index < -0.39 is 10.0 Å². The highest BCUT2D eigenvalue weighted by atomic mass is 79.9. The fourth-order valence-electron chi connectivity index (χ4n) is 2.42. The Kier molecular flexibility index (Phi) is 7.26. The topological polar surface area (TPSA) is 75.7 Å². The van der Waals surface area contributed by atoms with Gasteiger partial charge in [-0.25, -0.2) is 8.42 Å². The number of amides is 1. The van der Waals surface area contributed by atoms with Crippen molar-refractivity contribution >= 4 is 37.5 Å². The zero-order valence-electron chi connectivity index (χ0n) is 15.5. The van der Waals surface area contributed by atoms with E-state index in [0.717, 1.165) is 8.78 Å². The molecule has 0 aromatic heterocycles. The first-order valence-electron chi connectivity index (χ1n) is 8.54. The van der Waals surface area contributed by atoms with Crippen molar-refractivity contribution in [3.63, 3.8) is 0 Å². The molecule has 2 aromatic carbocycles. The Morgan fingerprint density at radius 1 is 1.11 bits per heavy atom. The third kappa shape index (κ3) is 5.71. The van der Waals surface area contributed by atoms with E-state index in [0.29, 0.717) is 18.0 Å². The molecule has 0 saturated heterocycles. The molecule has 0 aliphatic carbocycles. The predicted molar refractivity (Wildman–Crippen MR) is 110 cm³/mol. The van der Waals surface area contributed by atoms with Gasteiger partial charge in [0.25, 0.3) is 10.0 Å². The van der Waals surface area contributed by atoms with Gasteiger partial charge in [0.15, 0.2) is 0 Å². The second-order valence-corrected chi connectivity index (χ2v) is 8.89. The number of nitrogens with one attached hydrogen (secondary N) is 1. The summed E-state index contributed by atoms with van der Waals surface area (Å²) >= 11 is 3.30. The van der Waals surface area contributed by atoms with Crippen LogP contribution in [0.25, 0.3) is 0 Å². The van der Waals surface area contributed by atoms with E-state index in [1.807, 2.05) is 20.8 Å². The second-order valence-electron chi connectivity index (χ2n) is 6.11. The number of sulfonamides is 1. The lowest BCUT2D eigenvalue weighted by Gasteiger charge is -2.25. The van der Waals surface area contributed by atoms with Crippen molar-refractivity contribution in [2.75, 3.05) is 17.5 Å². The van der Waals surface area contributed by atoms with E-state index in [1.165, 1.54) is 12.1 Å². The molecule has 0 fully saturated rings. The van der Waals surface area contributed by atoms with Crippen molar-refractivity contribution in [2.24, 2.45) is 0 Å². The number of halogens is 1. The summed E-state index contributed by atoms with van der Waals surface area (Å²) < 4.78 is 33.6. The van der Waals surface area contributed by atoms with E-state index >= 15 is 0 Å². The minimum Gasteiger partial charge on any atom is -0.494 e. The van der Waals surface area contributed by atoms with Crippen molar-refractivity contribution in [3.05, 3.63) is 53.0 Å². The normalized spacial score (nSPS) is 11.3. The quantitative estimate of drug-likeness (QED) is 0.661. The summed E-state index contributed by atoms with van der Waals surface area (Å²) in [5.41, 5.74) is 0.389. The van der Waals surface area contributed by atoms with Crippen LogP contribution >= 0.6 is 15.9 Å². The van der Waals surface area contributed by atoms with Crippen molar-refractivity contribution in [1.82, 2.24) is 5.32 Å². The van der Waals surface area contributed by atoms with Gasteiger partial charge in [-0.3, -0.25) is 9.10 Å². The van der Waals surface area contributed by atoms with Crippen molar-refractivity contribution in [2.45, 2.75) is 31.7 Å². The Morgan fingerprint density at radius 2 is 1.70 bits per heavy atom. The molecule has 2 rings (SSSR count). The number of benzene rings is 2. The molecule has 0 radical (unpaired) electrons. The molecule has 0 spiro atoms. The molecule has 1 amide bonds. The summed E-state index contributed by atoms with van der Waals surface area (Å²) in [5, 5.41) is 2.73. The number of carbonyl (C=O) groups excluding carboxylic acids is 1. The van der Waals surface area contributed by atoms with Gasteiger partial charge in [0.2, 0.25) is 5.91 Å². The summed E-state index contributed by atoms with van der Waals surface area (Å²) in [4.78, 5) is 12.4. The monoisotopic (exact) mass is 454 g/mol. The fourth-order valence-corrected chi connectivity index (χ4v) is 4.11. The van der Waals surface area contributed by atoms with Crippen LogP contribution in [0.3, 0.4) is 0 Å². The molecule has 1 N–H and O–H groups in total. The van der Waals surface area contributed by atoms with Crippen molar-refractivity contribution in [1.29, 1.82) is 0 Å². The molecule has 0 saturated carbocycles. The van der Waals surface area contributed by atoms with Gasteiger partial charge in [0, 0.05) is 10.5 Å². The number of anilines is 1. The summed E-state index contributed by atoms with van der Waals surface area (Å²) in [5.74, 6) is 0.258. The van der Waals surface area contributed by atoms with Gasteiger partial charge < -0.3 is 10.1 Å². The van der Waals surface area contributed by atoms with Gasteiger partial charge in [-0.15, -0.1) is 0 Å². The minimum absolute atomic E-state index is 0.0879. The van der Waals surface area contributed by atoms with Crippen LogP contribution in [0.2, 0.25) is 0 Å². The van der Waals surface area contributed by atoms with Gasteiger partial charge in [-0.1, -0.05) is 15.9 Å². The molecule has 8 heteroatoms. The molecule has 6 nitrogen and oxygen atoms in total. The van der Waals surface area contributed by atoms with Crippen LogP contribution in [0.5, 0.6) is 5.75 Å². The molecule has 0 bridgehead atoms. The first kappa shape index (κ1) is 21.2. The lowest BCUT2D eigenvalue weighted by atomic mass is 10.3. The lowest BCUT2D eigenvalue weighted by molar-refractivity contribution is -0.120. The van der Waals surface area contributed by atoms with Crippen LogP contribution in [0.15, 0.2) is 57.9 Å². The maximum absolute atomic E-state index is 13.2. The number of ether oxygens (including phenoxy) is 1. The average Bonchev–Trinajstić information content (AvgIpc) is 2.60. The summed E-state index contributed by atoms with van der Waals surface area (Å²) in [6.45, 7) is 5.71. The maximum Gasteiger partial charge on any atom is 0.264 e. The average molecular weight is 455 g/mol. The van der Waals surface area contributed by atoms with Crippen LogP contribution in [-0.2, 0) is 14.8 Å². The molecular formula is C19H23BrN2O4S. The molecular weight excluding hydrogens is 432 g/mol. The van der Waals surface area contributed by atoms with Crippen LogP contribution in [0.4, 0.5) is 5.69 Å². The Morgan fingerprint density at radius 3 is 2.22 bits per heavy atom. The van der Waals surface area contributed by atoms with Gasteiger partial charge in [-0.2, -0.15) is 0 Å². The van der Waals surface area contributed by atoms with Gasteiger partial charge in [0.05, 0.1) is 17.2 Å². The van der Waals surface area contributed by atoms with E-state index in [4.69, 9.17) is 4.74 Å². The summed E-state index contributed by atoms with van der Waals surface area (Å²) in [6, 6.07) is 12.8. The Labute approximate surface area is 168 Å². The van der Waals surface area contributed by atoms with Crippen molar-refractivity contribution < 1.29 is 17.9 Å². The third-order valence-electron chi connectivity index (χ3n) is 3.57. The number of nitrogens with zero attached hydrogens (tertiary/aromatic N) is 1. The Bertz CT molecular complexity index is 866. The number of hydrogen-bond donors (Lipinski definition) is 1. The standard InChI is InChI=1S/C19H23BrN2O4S/c1-4-26-17-9-7-16(8-10-17)22(13-19(23)21-14(2)3)27(24,25)18-11-5-15(20)6-12-18/h5-12,14H,4,13H2,1-3H3,(H,21,23). The fraction of sp³-hybridized carbons (Fsp3) is 0.316. The van der Waals surface area contributed by atoms with E-state index in [9.17, 15) is 13.2 Å². The SMILES string of the molecule is CCOc1ccc(N(CC(=O)NC(C)C)S(=O)(=O)c2ccc(Br)cc2)cc1. The molecule has 146 valence electrons. The molecule has 27 heavy (non-hydrogen) atoms. The second kappa shape index (κ2) is 9.23. The van der Waals surface area contributed by atoms with E-state index in [2.05, 4.69) is 21.2 Å². The van der Waals surface area contributed by atoms with Crippen molar-refractivity contribution in [3.8, 4) is 5.75 Å². The first-order chi connectivity index (χ1) is 12.7. The molecule has 0 aliphatic rings. The number of hydrogen-bond acceptors (Lipinski definition) is 4. The molecule has 0 atom stereocenters. The van der Waals surface area contributed by atoms with E-state index in [-0.39, 0.29) is 23.4 Å². The molecule has 2 aromatic rings. The number of rotatable bonds is 8. The zero-order chi connectivity index (χ0) is 20.0. The number of carbonyl (C=O) groups is 1. The largest absolute Gasteiger partial charge is 0.494 e. The van der Waals surface area contributed by atoms with Gasteiger partial charge in [0.1, 0.15) is 12.3 Å². The smallest absolute Gasteiger partial charge is 0.264 e. The lowest BCUT2D eigenvalue weighted by Crippen LogP contribution is -2.42. The van der Waals surface area contributed by atoms with Crippen LogP contribution in [-0.4, -0.2) is 33.5 Å². The molecule has 0 unspecified atom stereocenters. The minimum atomic E-state index is -3.92. The highest BCUT2D eigenvalue weighted by Crippen LogP contribution is 2.26. The third-order valence-corrected chi connectivity index (χ3v) is 5.89. The molecule has 0 heterocycles. The predicted octanol–water partition coefficient (Wildman–Crippen LogP) is 3.57. The molecule has 0 aliphatic heterocycles. The van der Waals surface area contributed by atoms with Gasteiger partial charge in [-0.05, 0) is 69.3 Å². The Hall–Kier alpha value is -2.06.